The van der Waals surface area contributed by atoms with Crippen LogP contribution >= 0.6 is 22.9 Å². The molecule has 1 fully saturated rings. The van der Waals surface area contributed by atoms with E-state index in [1.54, 1.807) is 6.92 Å². The minimum Gasteiger partial charge on any atom is -0.394 e. The molecule has 3 N–H and O–H groups in total. The van der Waals surface area contributed by atoms with Crippen molar-refractivity contribution in [3.8, 4) is 16.3 Å². The van der Waals surface area contributed by atoms with Gasteiger partial charge >= 0.3 is 0 Å². The molecule has 0 bridgehead atoms. The molecule has 0 aliphatic carbocycles. The van der Waals surface area contributed by atoms with Gasteiger partial charge in [-0.05, 0) is 24.6 Å². The lowest BCUT2D eigenvalue weighted by atomic mass is 9.92. The van der Waals surface area contributed by atoms with Crippen LogP contribution in [-0.4, -0.2) is 69.8 Å². The van der Waals surface area contributed by atoms with Gasteiger partial charge in [0.1, 0.15) is 40.6 Å². The second kappa shape index (κ2) is 9.53. The molecule has 10 nitrogen and oxygen atoms in total. The number of halogens is 4. The average molecular weight is 543 g/mol. The molecule has 5 rings (SSSR count). The van der Waals surface area contributed by atoms with E-state index in [0.717, 1.165) is 23.5 Å². The van der Waals surface area contributed by atoms with E-state index in [9.17, 15) is 28.5 Å². The maximum atomic E-state index is 13.7. The number of benzene rings is 1. The van der Waals surface area contributed by atoms with Gasteiger partial charge in [0.25, 0.3) is 0 Å². The Labute approximate surface area is 210 Å². The molecule has 1 aromatic carbocycles. The van der Waals surface area contributed by atoms with Crippen LogP contribution < -0.4 is 0 Å². The average Bonchev–Trinajstić information content (AvgIpc) is 3.57. The zero-order chi connectivity index (χ0) is 25.7. The highest BCUT2D eigenvalue weighted by atomic mass is 35.5. The van der Waals surface area contributed by atoms with Gasteiger partial charge in [0.05, 0.1) is 19.0 Å². The van der Waals surface area contributed by atoms with Crippen LogP contribution in [0.25, 0.3) is 16.3 Å². The molecule has 15 heteroatoms. The zero-order valence-corrected chi connectivity index (χ0v) is 19.9. The van der Waals surface area contributed by atoms with Crippen LogP contribution in [0, 0.1) is 24.4 Å². The summed E-state index contributed by atoms with van der Waals surface area (Å²) in [5.41, 5.74) is 0.201. The first-order chi connectivity index (χ1) is 17.2. The van der Waals surface area contributed by atoms with Crippen molar-refractivity contribution >= 4 is 22.9 Å². The molecule has 1 aliphatic heterocycles. The SMILES string of the molecule is Cc1nc([C@@H]2O[C@H](CO)[C@H](O)[C@H](n3cc(-c4cc(F)c(F)c(F)c4)cn3)[C@H]2O)n(-c2ncc(Cl)s2)n1. The summed E-state index contributed by atoms with van der Waals surface area (Å²) in [6.07, 6.45) is -1.23. The summed E-state index contributed by atoms with van der Waals surface area (Å²) in [4.78, 5) is 8.53. The van der Waals surface area contributed by atoms with Crippen molar-refractivity contribution in [3.63, 3.8) is 0 Å². The largest absolute Gasteiger partial charge is 0.394 e. The molecule has 1 saturated heterocycles. The van der Waals surface area contributed by atoms with E-state index in [2.05, 4.69) is 20.2 Å². The van der Waals surface area contributed by atoms with Crippen molar-refractivity contribution in [2.45, 2.75) is 37.4 Å². The Morgan fingerprint density at radius 1 is 1.11 bits per heavy atom. The molecular formula is C21H18ClF3N6O4S. The molecule has 0 amide bonds. The van der Waals surface area contributed by atoms with Gasteiger partial charge in [0.2, 0.25) is 5.13 Å². The van der Waals surface area contributed by atoms with E-state index in [1.165, 1.54) is 28.0 Å². The van der Waals surface area contributed by atoms with Gasteiger partial charge in [0.15, 0.2) is 23.3 Å². The van der Waals surface area contributed by atoms with Crippen molar-refractivity contribution in [3.05, 3.63) is 64.2 Å². The van der Waals surface area contributed by atoms with Gasteiger partial charge in [-0.2, -0.15) is 9.78 Å². The van der Waals surface area contributed by atoms with Crippen LogP contribution in [0.3, 0.4) is 0 Å². The second-order valence-electron chi connectivity index (χ2n) is 8.09. The Morgan fingerprint density at radius 3 is 2.47 bits per heavy atom. The number of nitrogens with zero attached hydrogens (tertiary/aromatic N) is 6. The predicted molar refractivity (Wildman–Crippen MR) is 120 cm³/mol. The van der Waals surface area contributed by atoms with Crippen LogP contribution in [0.2, 0.25) is 4.34 Å². The third-order valence-corrected chi connectivity index (χ3v) is 6.85. The molecule has 190 valence electrons. The van der Waals surface area contributed by atoms with E-state index in [1.807, 2.05) is 0 Å². The number of aromatic nitrogens is 6. The van der Waals surface area contributed by atoms with E-state index in [4.69, 9.17) is 16.3 Å². The highest BCUT2D eigenvalue weighted by molar-refractivity contribution is 7.18. The van der Waals surface area contributed by atoms with Gasteiger partial charge in [-0.25, -0.2) is 23.1 Å². The first-order valence-electron chi connectivity index (χ1n) is 10.5. The first kappa shape index (κ1) is 24.8. The van der Waals surface area contributed by atoms with Gasteiger partial charge in [-0.3, -0.25) is 4.68 Å². The Balaban J connectivity index is 1.53. The van der Waals surface area contributed by atoms with Gasteiger partial charge in [-0.1, -0.05) is 22.9 Å². The fraction of sp³-hybridized carbons (Fsp3) is 0.333. The van der Waals surface area contributed by atoms with Crippen molar-refractivity contribution < 1.29 is 33.2 Å². The number of hydrogen-bond donors (Lipinski definition) is 3. The molecule has 5 atom stereocenters. The zero-order valence-electron chi connectivity index (χ0n) is 18.3. The summed E-state index contributed by atoms with van der Waals surface area (Å²) in [6, 6.07) is 0.441. The number of hydrogen-bond acceptors (Lipinski definition) is 9. The molecule has 4 heterocycles. The Bertz CT molecular complexity index is 1390. The van der Waals surface area contributed by atoms with Crippen molar-refractivity contribution in [2.24, 2.45) is 0 Å². The monoisotopic (exact) mass is 542 g/mol. The van der Waals surface area contributed by atoms with Crippen molar-refractivity contribution in [2.75, 3.05) is 6.61 Å². The Morgan fingerprint density at radius 2 is 1.83 bits per heavy atom. The number of aliphatic hydroxyl groups is 3. The summed E-state index contributed by atoms with van der Waals surface area (Å²) in [5, 5.41) is 40.8. The van der Waals surface area contributed by atoms with Crippen LogP contribution in [0.5, 0.6) is 0 Å². The van der Waals surface area contributed by atoms with Gasteiger partial charge < -0.3 is 20.1 Å². The third kappa shape index (κ3) is 4.29. The Hall–Kier alpha value is -2.88. The fourth-order valence-electron chi connectivity index (χ4n) is 4.10. The summed E-state index contributed by atoms with van der Waals surface area (Å²) < 4.78 is 49.6. The standard InChI is InChI=1S/C21H18ClF3N6O4S/c1-8-28-20(31(29-8)21-26-5-14(22)36-21)19-18(34)16(17(33)13(7-32)35-19)30-6-10(4-27-30)9-2-11(23)15(25)12(24)3-9/h2-6,13,16-19,32-34H,7H2,1H3/t13-,16+,17+,18-,19-/m1/s1. The summed E-state index contributed by atoms with van der Waals surface area (Å²) in [6.45, 7) is 1.03. The highest BCUT2D eigenvalue weighted by Gasteiger charge is 2.48. The number of thiazole rings is 1. The molecule has 0 saturated carbocycles. The third-order valence-electron chi connectivity index (χ3n) is 5.76. The lowest BCUT2D eigenvalue weighted by Gasteiger charge is -2.41. The lowest BCUT2D eigenvalue weighted by Crippen LogP contribution is -2.53. The molecule has 0 spiro atoms. The topological polar surface area (TPSA) is 131 Å². The van der Waals surface area contributed by atoms with Crippen LogP contribution in [-0.2, 0) is 4.74 Å². The molecular weight excluding hydrogens is 525 g/mol. The van der Waals surface area contributed by atoms with Crippen LogP contribution in [0.4, 0.5) is 13.2 Å². The van der Waals surface area contributed by atoms with E-state index < -0.39 is 54.5 Å². The summed E-state index contributed by atoms with van der Waals surface area (Å²) >= 11 is 7.12. The van der Waals surface area contributed by atoms with E-state index >= 15 is 0 Å². The molecule has 0 unspecified atom stereocenters. The fourth-order valence-corrected chi connectivity index (χ4v) is 4.96. The molecule has 3 aromatic heterocycles. The van der Waals surface area contributed by atoms with Gasteiger partial charge in [-0.15, -0.1) is 5.10 Å². The quantitative estimate of drug-likeness (QED) is 0.328. The maximum absolute atomic E-state index is 13.7. The Kier molecular flexibility index (Phi) is 6.57. The molecule has 1 aliphatic rings. The van der Waals surface area contributed by atoms with Crippen LogP contribution in [0.15, 0.2) is 30.7 Å². The number of rotatable bonds is 5. The van der Waals surface area contributed by atoms with Crippen molar-refractivity contribution in [1.29, 1.82) is 0 Å². The highest BCUT2D eigenvalue weighted by Crippen LogP contribution is 2.39. The first-order valence-corrected chi connectivity index (χ1v) is 11.7. The second-order valence-corrected chi connectivity index (χ2v) is 9.73. The van der Waals surface area contributed by atoms with E-state index in [-0.39, 0.29) is 17.0 Å². The number of ether oxygens (including phenoxy) is 1. The summed E-state index contributed by atoms with van der Waals surface area (Å²) in [5.74, 6) is -3.85. The normalized spacial score (nSPS) is 24.4. The summed E-state index contributed by atoms with van der Waals surface area (Å²) in [7, 11) is 0. The predicted octanol–water partition coefficient (Wildman–Crippen LogP) is 2.36. The van der Waals surface area contributed by atoms with Crippen molar-refractivity contribution in [1.82, 2.24) is 29.5 Å². The minimum absolute atomic E-state index is 0.0000338. The van der Waals surface area contributed by atoms with Crippen LogP contribution in [0.1, 0.15) is 23.8 Å². The number of aliphatic hydroxyl groups excluding tert-OH is 3. The molecule has 36 heavy (non-hydrogen) atoms. The maximum Gasteiger partial charge on any atom is 0.213 e. The minimum atomic E-state index is -1.60. The number of aryl methyl sites for hydroxylation is 1. The molecule has 4 aromatic rings. The molecule has 0 radical (unpaired) electrons. The van der Waals surface area contributed by atoms with Gasteiger partial charge in [0, 0.05) is 11.8 Å². The van der Waals surface area contributed by atoms with E-state index in [0.29, 0.717) is 15.3 Å². The lowest BCUT2D eigenvalue weighted by molar-refractivity contribution is -0.210. The smallest absolute Gasteiger partial charge is 0.213 e.